The summed E-state index contributed by atoms with van der Waals surface area (Å²) in [6, 6.07) is 4.32. The molecule has 0 aliphatic rings. The van der Waals surface area contributed by atoms with Gasteiger partial charge in [0.15, 0.2) is 0 Å². The van der Waals surface area contributed by atoms with Gasteiger partial charge in [-0.2, -0.15) is 0 Å². The Balaban J connectivity index is 2.40. The zero-order chi connectivity index (χ0) is 14.5. The lowest BCUT2D eigenvalue weighted by atomic mass is 10.0. The molecule has 0 heterocycles. The van der Waals surface area contributed by atoms with Crippen LogP contribution in [0.4, 0.5) is 4.39 Å². The van der Waals surface area contributed by atoms with Crippen molar-refractivity contribution in [2.45, 2.75) is 38.5 Å². The molecule has 1 rings (SSSR count). The van der Waals surface area contributed by atoms with Crippen LogP contribution in [0.2, 0.25) is 5.02 Å². The maximum atomic E-state index is 12.9. The number of thioether (sulfide) groups is 1. The molecule has 0 aliphatic carbocycles. The lowest BCUT2D eigenvalue weighted by Gasteiger charge is -2.24. The van der Waals surface area contributed by atoms with E-state index in [4.69, 9.17) is 11.6 Å². The summed E-state index contributed by atoms with van der Waals surface area (Å²) in [5.41, 5.74) is 0.668. The molecular formula is C14H19ClFNOS. The molecule has 1 N–H and O–H groups in total. The van der Waals surface area contributed by atoms with Gasteiger partial charge in [-0.1, -0.05) is 24.6 Å². The zero-order valence-electron chi connectivity index (χ0n) is 11.4. The quantitative estimate of drug-likeness (QED) is 0.860. The number of hydrogen-bond donors (Lipinski definition) is 1. The van der Waals surface area contributed by atoms with Crippen LogP contribution in [0.25, 0.3) is 0 Å². The van der Waals surface area contributed by atoms with E-state index in [0.717, 1.165) is 12.0 Å². The van der Waals surface area contributed by atoms with Gasteiger partial charge in [0.1, 0.15) is 5.82 Å². The summed E-state index contributed by atoms with van der Waals surface area (Å²) in [7, 11) is 0. The monoisotopic (exact) mass is 303 g/mol. The van der Waals surface area contributed by atoms with E-state index in [1.54, 1.807) is 6.07 Å². The van der Waals surface area contributed by atoms with Gasteiger partial charge in [-0.05, 0) is 38.0 Å². The molecule has 0 bridgehead atoms. The number of benzene rings is 1. The van der Waals surface area contributed by atoms with E-state index >= 15 is 0 Å². The minimum Gasteiger partial charge on any atom is -0.351 e. The Morgan fingerprint density at radius 1 is 1.47 bits per heavy atom. The van der Waals surface area contributed by atoms with Crippen LogP contribution in [0.1, 0.15) is 32.8 Å². The fourth-order valence-corrected chi connectivity index (χ4v) is 2.54. The SMILES string of the molecule is CCC(C)(C)NC(=O)CSCc1ccc(F)cc1Cl. The minimum atomic E-state index is -0.346. The number of hydrogen-bond acceptors (Lipinski definition) is 2. The molecule has 1 aromatic carbocycles. The molecule has 0 unspecified atom stereocenters. The molecule has 5 heteroatoms. The Kier molecular flexibility index (Phi) is 6.14. The van der Waals surface area contributed by atoms with Gasteiger partial charge in [0.2, 0.25) is 5.91 Å². The van der Waals surface area contributed by atoms with Crippen molar-refractivity contribution in [2.24, 2.45) is 0 Å². The Morgan fingerprint density at radius 2 is 2.16 bits per heavy atom. The van der Waals surface area contributed by atoms with E-state index in [-0.39, 0.29) is 17.3 Å². The molecule has 0 fully saturated rings. The highest BCUT2D eigenvalue weighted by Crippen LogP contribution is 2.22. The van der Waals surface area contributed by atoms with E-state index in [9.17, 15) is 9.18 Å². The van der Waals surface area contributed by atoms with Gasteiger partial charge in [0.25, 0.3) is 0 Å². The van der Waals surface area contributed by atoms with Crippen molar-refractivity contribution in [1.82, 2.24) is 5.32 Å². The number of carbonyl (C=O) groups excluding carboxylic acids is 1. The maximum Gasteiger partial charge on any atom is 0.230 e. The van der Waals surface area contributed by atoms with Gasteiger partial charge < -0.3 is 5.32 Å². The molecule has 0 saturated heterocycles. The third-order valence-corrected chi connectivity index (χ3v) is 4.20. The molecule has 0 aromatic heterocycles. The molecule has 1 amide bonds. The minimum absolute atomic E-state index is 0.00934. The average molecular weight is 304 g/mol. The molecule has 106 valence electrons. The van der Waals surface area contributed by atoms with Crippen molar-refractivity contribution in [1.29, 1.82) is 0 Å². The smallest absolute Gasteiger partial charge is 0.230 e. The van der Waals surface area contributed by atoms with Gasteiger partial charge in [-0.25, -0.2) is 4.39 Å². The molecule has 2 nitrogen and oxygen atoms in total. The van der Waals surface area contributed by atoms with Crippen LogP contribution in [0.15, 0.2) is 18.2 Å². The third kappa shape index (κ3) is 5.83. The van der Waals surface area contributed by atoms with Crippen LogP contribution in [-0.4, -0.2) is 17.2 Å². The van der Waals surface area contributed by atoms with Crippen molar-refractivity contribution in [2.75, 3.05) is 5.75 Å². The molecule has 1 aromatic rings. The Morgan fingerprint density at radius 3 is 2.74 bits per heavy atom. The highest BCUT2D eigenvalue weighted by atomic mass is 35.5. The van der Waals surface area contributed by atoms with Gasteiger partial charge in [-0.3, -0.25) is 4.79 Å². The number of rotatable bonds is 6. The fourth-order valence-electron chi connectivity index (χ4n) is 1.39. The highest BCUT2D eigenvalue weighted by molar-refractivity contribution is 7.99. The third-order valence-electron chi connectivity index (χ3n) is 2.87. The summed E-state index contributed by atoms with van der Waals surface area (Å²) in [4.78, 5) is 11.7. The lowest BCUT2D eigenvalue weighted by Crippen LogP contribution is -2.43. The first-order valence-electron chi connectivity index (χ1n) is 6.17. The standard InChI is InChI=1S/C14H19ClFNOS/c1-4-14(2,3)17-13(18)9-19-8-10-5-6-11(16)7-12(10)15/h5-7H,4,8-9H2,1-3H3,(H,17,18). The van der Waals surface area contributed by atoms with Crippen molar-refractivity contribution < 1.29 is 9.18 Å². The van der Waals surface area contributed by atoms with Gasteiger partial charge in [0.05, 0.1) is 5.75 Å². The molecule has 0 aliphatic heterocycles. The Hall–Kier alpha value is -0.740. The van der Waals surface area contributed by atoms with E-state index in [0.29, 0.717) is 16.5 Å². The number of amides is 1. The predicted molar refractivity (Wildman–Crippen MR) is 80.1 cm³/mol. The molecule has 0 radical (unpaired) electrons. The van der Waals surface area contributed by atoms with Crippen LogP contribution in [0.5, 0.6) is 0 Å². The largest absolute Gasteiger partial charge is 0.351 e. The summed E-state index contributed by atoms with van der Waals surface area (Å²) in [5, 5.41) is 3.37. The van der Waals surface area contributed by atoms with Gasteiger partial charge in [-0.15, -0.1) is 11.8 Å². The topological polar surface area (TPSA) is 29.1 Å². The van der Waals surface area contributed by atoms with Crippen molar-refractivity contribution in [3.05, 3.63) is 34.6 Å². The lowest BCUT2D eigenvalue weighted by molar-refractivity contribution is -0.120. The summed E-state index contributed by atoms with van der Waals surface area (Å²) >= 11 is 7.39. The fraction of sp³-hybridized carbons (Fsp3) is 0.500. The second kappa shape index (κ2) is 7.15. The van der Waals surface area contributed by atoms with Crippen molar-refractivity contribution in [3.63, 3.8) is 0 Å². The van der Waals surface area contributed by atoms with E-state index in [1.165, 1.54) is 23.9 Å². The molecule has 0 saturated carbocycles. The second-order valence-corrected chi connectivity index (χ2v) is 6.41. The summed E-state index contributed by atoms with van der Waals surface area (Å²) < 4.78 is 12.9. The molecule has 0 spiro atoms. The second-order valence-electron chi connectivity index (χ2n) is 5.01. The van der Waals surface area contributed by atoms with Crippen LogP contribution in [0.3, 0.4) is 0 Å². The predicted octanol–water partition coefficient (Wildman–Crippen LogP) is 4.02. The molecule has 19 heavy (non-hydrogen) atoms. The average Bonchev–Trinajstić information content (AvgIpc) is 2.31. The first kappa shape index (κ1) is 16.3. The van der Waals surface area contributed by atoms with Crippen molar-refractivity contribution >= 4 is 29.3 Å². The summed E-state index contributed by atoms with van der Waals surface area (Å²) in [6.07, 6.45) is 0.882. The van der Waals surface area contributed by atoms with Gasteiger partial charge >= 0.3 is 0 Å². The molecule has 0 atom stereocenters. The van der Waals surface area contributed by atoms with Crippen molar-refractivity contribution in [3.8, 4) is 0 Å². The summed E-state index contributed by atoms with van der Waals surface area (Å²) in [5.74, 6) is 0.632. The van der Waals surface area contributed by atoms with E-state index in [1.807, 2.05) is 20.8 Å². The first-order chi connectivity index (χ1) is 8.84. The normalized spacial score (nSPS) is 11.4. The van der Waals surface area contributed by atoms with Crippen LogP contribution >= 0.6 is 23.4 Å². The zero-order valence-corrected chi connectivity index (χ0v) is 13.0. The number of carbonyl (C=O) groups is 1. The summed E-state index contributed by atoms with van der Waals surface area (Å²) in [6.45, 7) is 6.02. The Bertz CT molecular complexity index is 451. The van der Waals surface area contributed by atoms with E-state index < -0.39 is 0 Å². The van der Waals surface area contributed by atoms with Crippen LogP contribution < -0.4 is 5.32 Å². The number of nitrogens with one attached hydrogen (secondary N) is 1. The van der Waals surface area contributed by atoms with Crippen LogP contribution in [0, 0.1) is 5.82 Å². The maximum absolute atomic E-state index is 12.9. The number of halogens is 2. The highest BCUT2D eigenvalue weighted by Gasteiger charge is 2.17. The Labute approximate surface area is 123 Å². The van der Waals surface area contributed by atoms with Crippen LogP contribution in [-0.2, 0) is 10.5 Å². The van der Waals surface area contributed by atoms with Gasteiger partial charge in [0, 0.05) is 16.3 Å². The van der Waals surface area contributed by atoms with E-state index in [2.05, 4.69) is 5.32 Å². The molecular weight excluding hydrogens is 285 g/mol. The first-order valence-corrected chi connectivity index (χ1v) is 7.70.